The second kappa shape index (κ2) is 5.41. The van der Waals surface area contributed by atoms with Crippen molar-refractivity contribution in [1.29, 1.82) is 0 Å². The molecule has 1 aromatic heterocycles. The third kappa shape index (κ3) is 2.49. The van der Waals surface area contributed by atoms with Crippen molar-refractivity contribution in [2.24, 2.45) is 5.84 Å². The number of hydrogen-bond donors (Lipinski definition) is 2. The molecular formula is C12H19N7O2. The van der Waals surface area contributed by atoms with Crippen LogP contribution >= 0.6 is 0 Å². The molecular weight excluding hydrogens is 274 g/mol. The molecule has 0 aromatic carbocycles. The predicted molar refractivity (Wildman–Crippen MR) is 77.9 cm³/mol. The molecule has 1 aromatic rings. The molecule has 0 saturated carbocycles. The van der Waals surface area contributed by atoms with E-state index < -0.39 is 4.92 Å². The second-order valence-electron chi connectivity index (χ2n) is 5.59. The lowest BCUT2D eigenvalue weighted by Gasteiger charge is -2.26. The van der Waals surface area contributed by atoms with Gasteiger partial charge in [-0.2, -0.15) is 4.98 Å². The third-order valence-corrected chi connectivity index (χ3v) is 4.52. The highest BCUT2D eigenvalue weighted by atomic mass is 16.6. The zero-order valence-corrected chi connectivity index (χ0v) is 11.9. The first-order valence-corrected chi connectivity index (χ1v) is 7.05. The van der Waals surface area contributed by atoms with Gasteiger partial charge in [0.1, 0.15) is 6.20 Å². The van der Waals surface area contributed by atoms with Gasteiger partial charge >= 0.3 is 5.69 Å². The summed E-state index contributed by atoms with van der Waals surface area (Å²) in [4.78, 5) is 23.2. The molecule has 3 rings (SSSR count). The van der Waals surface area contributed by atoms with Crippen molar-refractivity contribution in [2.45, 2.75) is 31.3 Å². The fraction of sp³-hybridized carbons (Fsp3) is 0.667. The van der Waals surface area contributed by atoms with Crippen molar-refractivity contribution in [3.8, 4) is 0 Å². The van der Waals surface area contributed by atoms with Crippen LogP contribution in [0.25, 0.3) is 0 Å². The molecule has 2 saturated heterocycles. The minimum atomic E-state index is -0.442. The number of nitro groups is 1. The maximum absolute atomic E-state index is 11.2. The zero-order valence-electron chi connectivity index (χ0n) is 11.9. The Hall–Kier alpha value is -2.00. The Balaban J connectivity index is 1.93. The van der Waals surface area contributed by atoms with Gasteiger partial charge in [-0.25, -0.2) is 10.8 Å². The lowest BCUT2D eigenvalue weighted by Crippen LogP contribution is -2.37. The number of nitrogens with zero attached hydrogens (tertiary/aromatic N) is 5. The molecule has 0 radical (unpaired) electrons. The van der Waals surface area contributed by atoms with Crippen molar-refractivity contribution in [3.63, 3.8) is 0 Å². The number of hydrogen-bond acceptors (Lipinski definition) is 8. The Morgan fingerprint density at radius 1 is 1.43 bits per heavy atom. The lowest BCUT2D eigenvalue weighted by molar-refractivity contribution is -0.384. The van der Waals surface area contributed by atoms with Crippen LogP contribution in [0.4, 0.5) is 17.5 Å². The molecule has 2 atom stereocenters. The van der Waals surface area contributed by atoms with E-state index in [-0.39, 0.29) is 11.6 Å². The molecule has 2 unspecified atom stereocenters. The van der Waals surface area contributed by atoms with Crippen LogP contribution in [0, 0.1) is 10.1 Å². The quantitative estimate of drug-likeness (QED) is 0.466. The summed E-state index contributed by atoms with van der Waals surface area (Å²) in [6.45, 7) is 1.50. The maximum Gasteiger partial charge on any atom is 0.329 e. The Morgan fingerprint density at radius 3 is 2.90 bits per heavy atom. The monoisotopic (exact) mass is 293 g/mol. The van der Waals surface area contributed by atoms with Crippen LogP contribution in [-0.2, 0) is 0 Å². The largest absolute Gasteiger partial charge is 0.349 e. The molecule has 21 heavy (non-hydrogen) atoms. The molecule has 2 aliphatic rings. The Labute approximate surface area is 122 Å². The molecule has 0 amide bonds. The number of hydrazine groups is 1. The van der Waals surface area contributed by atoms with Gasteiger partial charge in [0, 0.05) is 25.2 Å². The standard InChI is InChI=1S/C12H19N7O2/c1-17-8-2-3-9(17)7-18(5-4-8)11-10(19(20)21)6-14-12(15-11)16-13/h6,8-9H,2-5,7,13H2,1H3,(H,14,15,16). The van der Waals surface area contributed by atoms with E-state index in [4.69, 9.17) is 5.84 Å². The summed E-state index contributed by atoms with van der Waals surface area (Å²) in [5.41, 5.74) is 2.27. The predicted octanol–water partition coefficient (Wildman–Crippen LogP) is 0.343. The first kappa shape index (κ1) is 14.0. The second-order valence-corrected chi connectivity index (χ2v) is 5.59. The van der Waals surface area contributed by atoms with E-state index in [1.807, 2.05) is 4.90 Å². The Bertz CT molecular complexity index is 552. The fourth-order valence-corrected chi connectivity index (χ4v) is 3.30. The average Bonchev–Trinajstić information content (AvgIpc) is 2.71. The first-order valence-electron chi connectivity index (χ1n) is 7.05. The van der Waals surface area contributed by atoms with E-state index in [1.165, 1.54) is 12.6 Å². The van der Waals surface area contributed by atoms with Gasteiger partial charge in [0.25, 0.3) is 0 Å². The Morgan fingerprint density at radius 2 is 2.19 bits per heavy atom. The fourth-order valence-electron chi connectivity index (χ4n) is 3.30. The highest BCUT2D eigenvalue weighted by Gasteiger charge is 2.36. The van der Waals surface area contributed by atoms with Gasteiger partial charge in [0.15, 0.2) is 0 Å². The number of anilines is 2. The van der Waals surface area contributed by atoms with Crippen molar-refractivity contribution in [2.75, 3.05) is 30.5 Å². The number of likely N-dealkylation sites (N-methyl/N-ethyl adjacent to an activating group) is 1. The number of nitrogens with one attached hydrogen (secondary N) is 1. The highest BCUT2D eigenvalue weighted by molar-refractivity contribution is 5.59. The molecule has 114 valence electrons. The first-order chi connectivity index (χ1) is 10.1. The van der Waals surface area contributed by atoms with Crippen LogP contribution in [0.2, 0.25) is 0 Å². The normalized spacial score (nSPS) is 25.7. The molecule has 9 nitrogen and oxygen atoms in total. The van der Waals surface area contributed by atoms with Gasteiger partial charge in [-0.05, 0) is 26.3 Å². The van der Waals surface area contributed by atoms with E-state index in [1.54, 1.807) is 0 Å². The molecule has 0 aliphatic carbocycles. The molecule has 3 heterocycles. The molecule has 2 bridgehead atoms. The number of nitrogens with two attached hydrogens (primary N) is 1. The van der Waals surface area contributed by atoms with Crippen molar-refractivity contribution in [1.82, 2.24) is 14.9 Å². The van der Waals surface area contributed by atoms with Crippen molar-refractivity contribution >= 4 is 17.5 Å². The van der Waals surface area contributed by atoms with Crippen LogP contribution < -0.4 is 16.2 Å². The van der Waals surface area contributed by atoms with Gasteiger partial charge in [0.05, 0.1) is 4.92 Å². The van der Waals surface area contributed by atoms with Gasteiger partial charge in [-0.3, -0.25) is 20.4 Å². The molecule has 2 aliphatic heterocycles. The minimum Gasteiger partial charge on any atom is -0.349 e. The number of rotatable bonds is 3. The molecule has 3 N–H and O–H groups in total. The Kier molecular flexibility index (Phi) is 3.60. The van der Waals surface area contributed by atoms with E-state index in [2.05, 4.69) is 27.3 Å². The number of nitrogen functional groups attached to an aromatic ring is 1. The molecule has 2 fully saturated rings. The summed E-state index contributed by atoms with van der Waals surface area (Å²) >= 11 is 0. The van der Waals surface area contributed by atoms with E-state index in [0.29, 0.717) is 17.9 Å². The van der Waals surface area contributed by atoms with Crippen LogP contribution in [-0.4, -0.2) is 52.0 Å². The smallest absolute Gasteiger partial charge is 0.329 e. The number of fused-ring (bicyclic) bond motifs is 2. The third-order valence-electron chi connectivity index (χ3n) is 4.52. The summed E-state index contributed by atoms with van der Waals surface area (Å²) in [5, 5.41) is 11.2. The van der Waals surface area contributed by atoms with Gasteiger partial charge < -0.3 is 4.90 Å². The van der Waals surface area contributed by atoms with Crippen LogP contribution in [0.15, 0.2) is 6.20 Å². The van der Waals surface area contributed by atoms with Crippen molar-refractivity contribution < 1.29 is 4.92 Å². The molecule has 0 spiro atoms. The zero-order chi connectivity index (χ0) is 15.0. The highest BCUT2D eigenvalue weighted by Crippen LogP contribution is 2.33. The van der Waals surface area contributed by atoms with Crippen LogP contribution in [0.3, 0.4) is 0 Å². The van der Waals surface area contributed by atoms with E-state index in [9.17, 15) is 10.1 Å². The minimum absolute atomic E-state index is 0.0746. The SMILES string of the molecule is CN1C2CCC1CN(c1nc(NN)ncc1[N+](=O)[O-])CC2. The summed E-state index contributed by atoms with van der Waals surface area (Å²) in [6.07, 6.45) is 4.53. The summed E-state index contributed by atoms with van der Waals surface area (Å²) < 4.78 is 0. The summed E-state index contributed by atoms with van der Waals surface area (Å²) in [7, 11) is 2.13. The van der Waals surface area contributed by atoms with E-state index in [0.717, 1.165) is 25.9 Å². The van der Waals surface area contributed by atoms with Gasteiger partial charge in [-0.1, -0.05) is 0 Å². The van der Waals surface area contributed by atoms with E-state index >= 15 is 0 Å². The number of aromatic nitrogens is 2. The van der Waals surface area contributed by atoms with Crippen LogP contribution in [0.5, 0.6) is 0 Å². The maximum atomic E-state index is 11.2. The lowest BCUT2D eigenvalue weighted by atomic mass is 10.1. The summed E-state index contributed by atoms with van der Waals surface area (Å²) in [5.74, 6) is 5.86. The topological polar surface area (TPSA) is 113 Å². The van der Waals surface area contributed by atoms with Gasteiger partial charge in [-0.15, -0.1) is 0 Å². The van der Waals surface area contributed by atoms with Crippen LogP contribution in [0.1, 0.15) is 19.3 Å². The van der Waals surface area contributed by atoms with Gasteiger partial charge in [0.2, 0.25) is 11.8 Å². The molecule has 9 heteroatoms. The summed E-state index contributed by atoms with van der Waals surface area (Å²) in [6, 6.07) is 0.981. The van der Waals surface area contributed by atoms with Crippen molar-refractivity contribution in [3.05, 3.63) is 16.3 Å². The average molecular weight is 293 g/mol.